The monoisotopic (exact) mass is 514 g/mol. The minimum absolute atomic E-state index is 0.176. The molecule has 3 fully saturated rings. The third-order valence-corrected chi connectivity index (χ3v) is 7.15. The SMILES string of the molecule is C[C@H](NC(=O)CN1CCOCC1)C(=O)N[C@@H](CC1CC1)C(=O)N[C@@H](Cc1ccccc1)C(=O)[C@@]1(C)CO1. The number of ketones is 1. The van der Waals surface area contributed by atoms with Gasteiger partial charge in [0.05, 0.1) is 32.4 Å². The van der Waals surface area contributed by atoms with Crippen LogP contribution < -0.4 is 16.0 Å². The average Bonchev–Trinajstić information content (AvgIpc) is 3.82. The second-order valence-corrected chi connectivity index (χ2v) is 10.6. The van der Waals surface area contributed by atoms with Crippen LogP contribution in [0.5, 0.6) is 0 Å². The van der Waals surface area contributed by atoms with E-state index in [2.05, 4.69) is 16.0 Å². The van der Waals surface area contributed by atoms with Gasteiger partial charge < -0.3 is 25.4 Å². The van der Waals surface area contributed by atoms with Crippen molar-refractivity contribution in [1.82, 2.24) is 20.9 Å². The largest absolute Gasteiger partial charge is 0.379 e. The fourth-order valence-electron chi connectivity index (χ4n) is 4.48. The summed E-state index contributed by atoms with van der Waals surface area (Å²) in [4.78, 5) is 53.9. The number of morpholine rings is 1. The van der Waals surface area contributed by atoms with Gasteiger partial charge in [-0.25, -0.2) is 0 Å². The Morgan fingerprint density at radius 1 is 1.00 bits per heavy atom. The van der Waals surface area contributed by atoms with Gasteiger partial charge in [0.2, 0.25) is 17.7 Å². The molecule has 202 valence electrons. The Bertz CT molecular complexity index is 972. The Morgan fingerprint density at radius 3 is 2.27 bits per heavy atom. The van der Waals surface area contributed by atoms with E-state index in [0.717, 1.165) is 18.4 Å². The first-order valence-corrected chi connectivity index (χ1v) is 13.2. The number of nitrogens with one attached hydrogen (secondary N) is 3. The molecule has 3 amide bonds. The van der Waals surface area contributed by atoms with Crippen LogP contribution in [0.2, 0.25) is 0 Å². The molecule has 3 aliphatic rings. The van der Waals surface area contributed by atoms with Crippen molar-refractivity contribution in [1.29, 1.82) is 0 Å². The van der Waals surface area contributed by atoms with Gasteiger partial charge in [0, 0.05) is 13.1 Å². The second-order valence-electron chi connectivity index (χ2n) is 10.6. The van der Waals surface area contributed by atoms with Crippen LogP contribution in [0.1, 0.15) is 38.7 Å². The Hall–Kier alpha value is -2.82. The Kier molecular flexibility index (Phi) is 8.94. The third kappa shape index (κ3) is 8.08. The maximum Gasteiger partial charge on any atom is 0.243 e. The van der Waals surface area contributed by atoms with Crippen LogP contribution in [0, 0.1) is 5.92 Å². The molecule has 0 unspecified atom stereocenters. The Balaban J connectivity index is 1.36. The van der Waals surface area contributed by atoms with E-state index >= 15 is 0 Å². The summed E-state index contributed by atoms with van der Waals surface area (Å²) in [5.41, 5.74) is 0.0334. The zero-order valence-electron chi connectivity index (χ0n) is 21.7. The molecule has 1 aliphatic carbocycles. The maximum atomic E-state index is 13.4. The van der Waals surface area contributed by atoms with Crippen molar-refractivity contribution in [2.75, 3.05) is 39.5 Å². The van der Waals surface area contributed by atoms with Crippen LogP contribution in [-0.2, 0) is 35.1 Å². The van der Waals surface area contributed by atoms with E-state index in [1.54, 1.807) is 13.8 Å². The predicted molar refractivity (Wildman–Crippen MR) is 136 cm³/mol. The molecule has 2 heterocycles. The van der Waals surface area contributed by atoms with E-state index < -0.39 is 35.5 Å². The second kappa shape index (κ2) is 12.1. The van der Waals surface area contributed by atoms with Gasteiger partial charge in [-0.2, -0.15) is 0 Å². The molecule has 2 saturated heterocycles. The number of rotatable bonds is 13. The highest BCUT2D eigenvalue weighted by Gasteiger charge is 2.50. The van der Waals surface area contributed by atoms with Gasteiger partial charge in [-0.05, 0) is 38.2 Å². The lowest BCUT2D eigenvalue weighted by atomic mass is 9.94. The molecule has 1 aromatic rings. The zero-order valence-corrected chi connectivity index (χ0v) is 21.7. The number of Topliss-reactive ketones (excluding diaryl/α,β-unsaturated/α-hetero) is 1. The highest BCUT2D eigenvalue weighted by Crippen LogP contribution is 2.34. The van der Waals surface area contributed by atoms with E-state index in [9.17, 15) is 19.2 Å². The number of nitrogens with zero attached hydrogens (tertiary/aromatic N) is 1. The van der Waals surface area contributed by atoms with Crippen molar-refractivity contribution in [3.63, 3.8) is 0 Å². The van der Waals surface area contributed by atoms with Gasteiger partial charge in [0.1, 0.15) is 17.7 Å². The molecule has 37 heavy (non-hydrogen) atoms. The smallest absolute Gasteiger partial charge is 0.243 e. The van der Waals surface area contributed by atoms with Crippen LogP contribution >= 0.6 is 0 Å². The van der Waals surface area contributed by atoms with Crippen molar-refractivity contribution in [3.05, 3.63) is 35.9 Å². The minimum atomic E-state index is -0.888. The molecule has 10 nitrogen and oxygen atoms in total. The van der Waals surface area contributed by atoms with Crippen LogP contribution in [0.3, 0.4) is 0 Å². The molecule has 4 atom stereocenters. The van der Waals surface area contributed by atoms with Crippen LogP contribution in [0.15, 0.2) is 30.3 Å². The molecule has 1 saturated carbocycles. The summed E-state index contributed by atoms with van der Waals surface area (Å²) >= 11 is 0. The lowest BCUT2D eigenvalue weighted by Crippen LogP contribution is -2.57. The van der Waals surface area contributed by atoms with E-state index in [1.165, 1.54) is 0 Å². The molecular formula is C27H38N4O6. The highest BCUT2D eigenvalue weighted by atomic mass is 16.6. The number of carbonyl (C=O) groups excluding carboxylic acids is 4. The quantitative estimate of drug-likeness (QED) is 0.321. The lowest BCUT2D eigenvalue weighted by molar-refractivity contribution is -0.134. The summed E-state index contributed by atoms with van der Waals surface area (Å²) in [6, 6.07) is 7.12. The molecule has 1 aromatic carbocycles. The summed E-state index contributed by atoms with van der Waals surface area (Å²) in [7, 11) is 0. The number of hydrogen-bond acceptors (Lipinski definition) is 7. The number of ether oxygens (including phenoxy) is 2. The van der Waals surface area contributed by atoms with Crippen LogP contribution in [-0.4, -0.2) is 91.6 Å². The van der Waals surface area contributed by atoms with Crippen LogP contribution in [0.4, 0.5) is 0 Å². The summed E-state index contributed by atoms with van der Waals surface area (Å²) in [5, 5.41) is 8.44. The number of amides is 3. The number of carbonyl (C=O) groups is 4. The van der Waals surface area contributed by atoms with Crippen LogP contribution in [0.25, 0.3) is 0 Å². The molecule has 10 heteroatoms. The molecule has 3 N–H and O–H groups in total. The van der Waals surface area contributed by atoms with E-state index in [-0.39, 0.29) is 18.2 Å². The molecule has 0 aromatic heterocycles. The fraction of sp³-hybridized carbons (Fsp3) is 0.630. The van der Waals surface area contributed by atoms with Crippen molar-refractivity contribution in [3.8, 4) is 0 Å². The topological polar surface area (TPSA) is 129 Å². The first-order valence-electron chi connectivity index (χ1n) is 13.2. The fourth-order valence-corrected chi connectivity index (χ4v) is 4.48. The molecule has 0 radical (unpaired) electrons. The number of epoxide rings is 1. The average molecular weight is 515 g/mol. The third-order valence-electron chi connectivity index (χ3n) is 7.15. The number of benzene rings is 1. The zero-order chi connectivity index (χ0) is 26.4. The van der Waals surface area contributed by atoms with Gasteiger partial charge in [0.25, 0.3) is 0 Å². The summed E-state index contributed by atoms with van der Waals surface area (Å²) in [6.07, 6.45) is 2.84. The Morgan fingerprint density at radius 2 is 1.65 bits per heavy atom. The number of hydrogen-bond donors (Lipinski definition) is 3. The van der Waals surface area contributed by atoms with Gasteiger partial charge in [0.15, 0.2) is 5.78 Å². The van der Waals surface area contributed by atoms with E-state index in [1.807, 2.05) is 35.2 Å². The van der Waals surface area contributed by atoms with Crippen molar-refractivity contribution in [2.45, 2.75) is 63.3 Å². The summed E-state index contributed by atoms with van der Waals surface area (Å²) in [6.45, 7) is 6.36. The van der Waals surface area contributed by atoms with Gasteiger partial charge in [-0.1, -0.05) is 43.2 Å². The lowest BCUT2D eigenvalue weighted by Gasteiger charge is -2.27. The maximum absolute atomic E-state index is 13.4. The first-order chi connectivity index (χ1) is 17.7. The first kappa shape index (κ1) is 27.2. The van der Waals surface area contributed by atoms with E-state index in [4.69, 9.17) is 9.47 Å². The molecule has 4 rings (SSSR count). The molecule has 0 bridgehead atoms. The predicted octanol–water partition coefficient (Wildman–Crippen LogP) is 0.194. The Labute approximate surface area is 217 Å². The van der Waals surface area contributed by atoms with E-state index in [0.29, 0.717) is 51.7 Å². The standard InChI is InChI=1S/C27H38N4O6/c1-18(28-23(32)16-31-10-12-36-13-11-31)25(34)30-22(15-20-8-9-20)26(35)29-21(24(33)27(2)17-37-27)14-19-6-4-3-5-7-19/h3-7,18,20-22H,8-17H2,1-2H3,(H,28,32)(H,29,35)(H,30,34)/t18-,21-,22-,27+/m0/s1. The van der Waals surface area contributed by atoms with Crippen molar-refractivity contribution < 1.29 is 28.7 Å². The normalized spacial score (nSPS) is 23.8. The minimum Gasteiger partial charge on any atom is -0.379 e. The molecule has 0 spiro atoms. The van der Waals surface area contributed by atoms with Gasteiger partial charge in [-0.3, -0.25) is 24.1 Å². The highest BCUT2D eigenvalue weighted by molar-refractivity contribution is 5.98. The van der Waals surface area contributed by atoms with Crippen molar-refractivity contribution in [2.24, 2.45) is 5.92 Å². The molecule has 2 aliphatic heterocycles. The van der Waals surface area contributed by atoms with Gasteiger partial charge >= 0.3 is 0 Å². The molecular weight excluding hydrogens is 476 g/mol. The van der Waals surface area contributed by atoms with Crippen molar-refractivity contribution >= 4 is 23.5 Å². The summed E-state index contributed by atoms with van der Waals surface area (Å²) < 4.78 is 10.7. The summed E-state index contributed by atoms with van der Waals surface area (Å²) in [5.74, 6) is -0.899. The van der Waals surface area contributed by atoms with Gasteiger partial charge in [-0.15, -0.1) is 0 Å².